The summed E-state index contributed by atoms with van der Waals surface area (Å²) in [4.78, 5) is 24.6. The standard InChI is InChI=1S/C24H14Cl2N2O2/c25-17-8-2-6-15-19(11-21(29)23(15)17)27-13-4-1-5-14(10-13)28-20-12-22(30)24-16(20)7-3-9-18(24)26/h1-12,27-28H. The van der Waals surface area contributed by atoms with Crippen LogP contribution < -0.4 is 10.6 Å². The number of hydrogen-bond donors (Lipinski definition) is 2. The number of carbonyl (C=O) groups excluding carboxylic acids is 2. The second kappa shape index (κ2) is 7.17. The lowest BCUT2D eigenvalue weighted by molar-refractivity contribution is 0.104. The van der Waals surface area contributed by atoms with E-state index in [-0.39, 0.29) is 11.6 Å². The highest BCUT2D eigenvalue weighted by Crippen LogP contribution is 2.35. The SMILES string of the molecule is O=C1C=C(Nc2cccc(NC3=CC(=O)c4c(Cl)cccc43)c2)c2cccc(Cl)c21. The van der Waals surface area contributed by atoms with E-state index < -0.39 is 0 Å². The van der Waals surface area contributed by atoms with E-state index in [2.05, 4.69) is 10.6 Å². The quantitative estimate of drug-likeness (QED) is 0.508. The normalized spacial score (nSPS) is 14.2. The number of ketones is 2. The third kappa shape index (κ3) is 3.11. The Morgan fingerprint density at radius 3 is 1.50 bits per heavy atom. The van der Waals surface area contributed by atoms with Crippen molar-refractivity contribution < 1.29 is 9.59 Å². The van der Waals surface area contributed by atoms with E-state index in [0.29, 0.717) is 32.6 Å². The topological polar surface area (TPSA) is 58.2 Å². The molecule has 4 nitrogen and oxygen atoms in total. The van der Waals surface area contributed by atoms with Gasteiger partial charge in [0.1, 0.15) is 0 Å². The minimum atomic E-state index is -0.115. The number of hydrogen-bond acceptors (Lipinski definition) is 4. The van der Waals surface area contributed by atoms with Crippen LogP contribution in [0.4, 0.5) is 11.4 Å². The van der Waals surface area contributed by atoms with Crippen LogP contribution >= 0.6 is 23.2 Å². The molecule has 0 amide bonds. The van der Waals surface area contributed by atoms with Crippen molar-refractivity contribution in [3.05, 3.63) is 105 Å². The maximum Gasteiger partial charge on any atom is 0.190 e. The lowest BCUT2D eigenvalue weighted by Crippen LogP contribution is -2.00. The Labute approximate surface area is 182 Å². The van der Waals surface area contributed by atoms with Gasteiger partial charge >= 0.3 is 0 Å². The van der Waals surface area contributed by atoms with Gasteiger partial charge < -0.3 is 10.6 Å². The number of benzene rings is 3. The van der Waals surface area contributed by atoms with Crippen LogP contribution in [0.5, 0.6) is 0 Å². The molecular formula is C24H14Cl2N2O2. The number of fused-ring (bicyclic) bond motifs is 2. The average Bonchev–Trinajstić information content (AvgIpc) is 3.21. The van der Waals surface area contributed by atoms with Gasteiger partial charge in [-0.1, -0.05) is 53.5 Å². The fourth-order valence-corrected chi connectivity index (χ4v) is 4.29. The Kier molecular flexibility index (Phi) is 4.46. The molecule has 2 aliphatic rings. The zero-order chi connectivity index (χ0) is 20.8. The van der Waals surface area contributed by atoms with Crippen molar-refractivity contribution in [1.29, 1.82) is 0 Å². The lowest BCUT2D eigenvalue weighted by Gasteiger charge is -2.13. The van der Waals surface area contributed by atoms with Crippen LogP contribution in [0, 0.1) is 0 Å². The Morgan fingerprint density at radius 1 is 0.600 bits per heavy atom. The largest absolute Gasteiger partial charge is 0.355 e. The molecule has 0 aromatic heterocycles. The average molecular weight is 433 g/mol. The van der Waals surface area contributed by atoms with Gasteiger partial charge in [0.2, 0.25) is 0 Å². The lowest BCUT2D eigenvalue weighted by atomic mass is 10.1. The zero-order valence-electron chi connectivity index (χ0n) is 15.5. The van der Waals surface area contributed by atoms with Crippen molar-refractivity contribution in [2.75, 3.05) is 10.6 Å². The molecule has 6 heteroatoms. The molecule has 3 aromatic rings. The minimum Gasteiger partial charge on any atom is -0.355 e. The van der Waals surface area contributed by atoms with Crippen molar-refractivity contribution in [2.45, 2.75) is 0 Å². The van der Waals surface area contributed by atoms with Gasteiger partial charge in [0.25, 0.3) is 0 Å². The molecule has 0 atom stereocenters. The maximum absolute atomic E-state index is 12.3. The first-order chi connectivity index (χ1) is 14.5. The van der Waals surface area contributed by atoms with E-state index in [1.54, 1.807) is 24.3 Å². The fraction of sp³-hybridized carbons (Fsp3) is 0. The van der Waals surface area contributed by atoms with E-state index in [1.165, 1.54) is 0 Å². The second-order valence-corrected chi connectivity index (χ2v) is 7.81. The molecule has 0 aliphatic heterocycles. The van der Waals surface area contributed by atoms with Crippen molar-refractivity contribution in [3.8, 4) is 0 Å². The Hall–Kier alpha value is -3.34. The molecule has 0 saturated carbocycles. The summed E-state index contributed by atoms with van der Waals surface area (Å²) in [6.07, 6.45) is 3.10. The van der Waals surface area contributed by atoms with Gasteiger partial charge in [0, 0.05) is 45.8 Å². The highest BCUT2D eigenvalue weighted by molar-refractivity contribution is 6.37. The molecule has 0 heterocycles. The van der Waals surface area contributed by atoms with Gasteiger partial charge in [-0.15, -0.1) is 0 Å². The first-order valence-electron chi connectivity index (χ1n) is 9.25. The predicted octanol–water partition coefficient (Wildman–Crippen LogP) is 6.29. The Bertz CT molecular complexity index is 1210. The van der Waals surface area contributed by atoms with Crippen LogP contribution in [0.15, 0.2) is 72.8 Å². The molecule has 3 aromatic carbocycles. The summed E-state index contributed by atoms with van der Waals surface area (Å²) in [5.41, 5.74) is 5.56. The number of halogens is 2. The molecule has 0 fully saturated rings. The summed E-state index contributed by atoms with van der Waals surface area (Å²) in [5.74, 6) is -0.231. The third-order valence-corrected chi connectivity index (χ3v) is 5.70. The second-order valence-electron chi connectivity index (χ2n) is 7.00. The van der Waals surface area contributed by atoms with E-state index in [4.69, 9.17) is 23.2 Å². The number of anilines is 2. The molecule has 2 N–H and O–H groups in total. The van der Waals surface area contributed by atoms with Crippen molar-refractivity contribution in [2.24, 2.45) is 0 Å². The van der Waals surface area contributed by atoms with Crippen LogP contribution in [0.3, 0.4) is 0 Å². The molecule has 0 radical (unpaired) electrons. The van der Waals surface area contributed by atoms with Crippen LogP contribution in [0.25, 0.3) is 11.4 Å². The molecule has 0 spiro atoms. The van der Waals surface area contributed by atoms with Crippen molar-refractivity contribution in [3.63, 3.8) is 0 Å². The summed E-state index contributed by atoms with van der Waals surface area (Å²) in [7, 11) is 0. The molecule has 0 saturated heterocycles. The monoisotopic (exact) mass is 432 g/mol. The molecule has 5 rings (SSSR count). The van der Waals surface area contributed by atoms with E-state index in [1.807, 2.05) is 48.5 Å². The molecule has 0 bridgehead atoms. The highest BCUT2D eigenvalue weighted by atomic mass is 35.5. The minimum absolute atomic E-state index is 0.115. The zero-order valence-corrected chi connectivity index (χ0v) is 17.0. The van der Waals surface area contributed by atoms with Crippen molar-refractivity contribution >= 4 is 57.5 Å². The van der Waals surface area contributed by atoms with Crippen LogP contribution in [0.2, 0.25) is 10.0 Å². The first-order valence-corrected chi connectivity index (χ1v) is 10.0. The molecule has 2 aliphatic carbocycles. The van der Waals surface area contributed by atoms with Gasteiger partial charge in [0.15, 0.2) is 11.6 Å². The van der Waals surface area contributed by atoms with Gasteiger partial charge in [-0.3, -0.25) is 9.59 Å². The van der Waals surface area contributed by atoms with E-state index in [9.17, 15) is 9.59 Å². The maximum atomic E-state index is 12.3. The van der Waals surface area contributed by atoms with Crippen LogP contribution in [-0.2, 0) is 0 Å². The fourth-order valence-electron chi connectivity index (χ4n) is 3.75. The Balaban J connectivity index is 1.41. The van der Waals surface area contributed by atoms with Crippen LogP contribution in [0.1, 0.15) is 31.8 Å². The summed E-state index contributed by atoms with van der Waals surface area (Å²) in [5, 5.41) is 7.46. The van der Waals surface area contributed by atoms with Crippen LogP contribution in [-0.4, -0.2) is 11.6 Å². The van der Waals surface area contributed by atoms with E-state index in [0.717, 1.165) is 22.5 Å². The van der Waals surface area contributed by atoms with Crippen molar-refractivity contribution in [1.82, 2.24) is 0 Å². The first kappa shape index (κ1) is 18.7. The van der Waals surface area contributed by atoms with E-state index >= 15 is 0 Å². The summed E-state index contributed by atoms with van der Waals surface area (Å²) in [6, 6.07) is 18.4. The number of carbonyl (C=O) groups is 2. The van der Waals surface area contributed by atoms with Gasteiger partial charge in [-0.2, -0.15) is 0 Å². The highest BCUT2D eigenvalue weighted by Gasteiger charge is 2.25. The molecule has 0 unspecified atom stereocenters. The third-order valence-electron chi connectivity index (χ3n) is 5.07. The van der Waals surface area contributed by atoms with Gasteiger partial charge in [-0.25, -0.2) is 0 Å². The predicted molar refractivity (Wildman–Crippen MR) is 121 cm³/mol. The number of nitrogens with one attached hydrogen (secondary N) is 2. The summed E-state index contributed by atoms with van der Waals surface area (Å²) < 4.78 is 0. The molecule has 30 heavy (non-hydrogen) atoms. The number of rotatable bonds is 4. The molecule has 146 valence electrons. The summed E-state index contributed by atoms with van der Waals surface area (Å²) >= 11 is 12.4. The number of allylic oxidation sites excluding steroid dienone is 2. The van der Waals surface area contributed by atoms with Gasteiger partial charge in [-0.05, 0) is 30.3 Å². The Morgan fingerprint density at radius 2 is 1.03 bits per heavy atom. The smallest absolute Gasteiger partial charge is 0.190 e. The summed E-state index contributed by atoms with van der Waals surface area (Å²) in [6.45, 7) is 0. The van der Waals surface area contributed by atoms with Gasteiger partial charge in [0.05, 0.1) is 21.4 Å². The molecular weight excluding hydrogens is 419 g/mol.